The van der Waals surface area contributed by atoms with Gasteiger partial charge in [0.05, 0.1) is 17.8 Å². The van der Waals surface area contributed by atoms with Gasteiger partial charge >= 0.3 is 0 Å². The van der Waals surface area contributed by atoms with Crippen LogP contribution in [0.25, 0.3) is 0 Å². The molecule has 1 aromatic rings. The molecule has 1 aromatic heterocycles. The van der Waals surface area contributed by atoms with Crippen LogP contribution in [-0.4, -0.2) is 30.2 Å². The largest absolute Gasteiger partial charge is 0.480 e. The third-order valence-electron chi connectivity index (χ3n) is 1.92. The van der Waals surface area contributed by atoms with Gasteiger partial charge in [-0.3, -0.25) is 0 Å². The lowest BCUT2D eigenvalue weighted by Crippen LogP contribution is -2.20. The highest BCUT2D eigenvalue weighted by atomic mass is 79.9. The standard InChI is InChI=1S/C9H15BrN4O/c1-6(3-11)4-12-9-13-5-7(10)8(14-9)15-2/h5-6H,3-4,11H2,1-2H3,(H,12,13,14). The number of halogens is 1. The van der Waals surface area contributed by atoms with E-state index in [1.165, 1.54) is 0 Å². The zero-order chi connectivity index (χ0) is 11.3. The number of anilines is 1. The van der Waals surface area contributed by atoms with Crippen LogP contribution in [0.15, 0.2) is 10.7 Å². The molecule has 5 nitrogen and oxygen atoms in total. The molecular formula is C9H15BrN4O. The SMILES string of the molecule is COc1nc(NCC(C)CN)ncc1Br. The fourth-order valence-corrected chi connectivity index (χ4v) is 1.28. The summed E-state index contributed by atoms with van der Waals surface area (Å²) in [5.41, 5.74) is 5.50. The van der Waals surface area contributed by atoms with Crippen molar-refractivity contribution >= 4 is 21.9 Å². The summed E-state index contributed by atoms with van der Waals surface area (Å²) in [5, 5.41) is 3.09. The van der Waals surface area contributed by atoms with Crippen molar-refractivity contribution in [1.82, 2.24) is 9.97 Å². The van der Waals surface area contributed by atoms with Crippen molar-refractivity contribution in [3.8, 4) is 5.88 Å². The number of nitrogens with two attached hydrogens (primary N) is 1. The van der Waals surface area contributed by atoms with Gasteiger partial charge in [0.2, 0.25) is 11.8 Å². The predicted octanol–water partition coefficient (Wildman–Crippen LogP) is 1.25. The van der Waals surface area contributed by atoms with E-state index in [4.69, 9.17) is 10.5 Å². The minimum Gasteiger partial charge on any atom is -0.480 e. The van der Waals surface area contributed by atoms with E-state index in [0.717, 1.165) is 11.0 Å². The first-order chi connectivity index (χ1) is 7.17. The Morgan fingerprint density at radius 2 is 2.40 bits per heavy atom. The van der Waals surface area contributed by atoms with Crippen molar-refractivity contribution in [3.63, 3.8) is 0 Å². The van der Waals surface area contributed by atoms with Crippen LogP contribution < -0.4 is 15.8 Å². The molecule has 1 atom stereocenters. The third kappa shape index (κ3) is 3.64. The molecular weight excluding hydrogens is 260 g/mol. The molecule has 0 radical (unpaired) electrons. The minimum atomic E-state index is 0.392. The number of hydrogen-bond donors (Lipinski definition) is 2. The number of rotatable bonds is 5. The Labute approximate surface area is 97.6 Å². The van der Waals surface area contributed by atoms with E-state index in [0.29, 0.717) is 24.3 Å². The van der Waals surface area contributed by atoms with Gasteiger partial charge in [0, 0.05) is 6.54 Å². The van der Waals surface area contributed by atoms with E-state index in [1.807, 2.05) is 0 Å². The molecule has 6 heteroatoms. The Hall–Kier alpha value is -0.880. The van der Waals surface area contributed by atoms with E-state index in [-0.39, 0.29) is 0 Å². The summed E-state index contributed by atoms with van der Waals surface area (Å²) in [6.07, 6.45) is 1.65. The van der Waals surface area contributed by atoms with Crippen LogP contribution in [0.4, 0.5) is 5.95 Å². The molecule has 0 aliphatic heterocycles. The van der Waals surface area contributed by atoms with Crippen molar-refractivity contribution in [1.29, 1.82) is 0 Å². The monoisotopic (exact) mass is 274 g/mol. The summed E-state index contributed by atoms with van der Waals surface area (Å²) in [6, 6.07) is 0. The second kappa shape index (κ2) is 5.87. The molecule has 84 valence electrons. The molecule has 1 heterocycles. The molecule has 0 aromatic carbocycles. The Balaban J connectivity index is 2.62. The summed E-state index contributed by atoms with van der Waals surface area (Å²) in [6.45, 7) is 3.45. The molecule has 0 saturated carbocycles. The maximum Gasteiger partial charge on any atom is 0.232 e. The third-order valence-corrected chi connectivity index (χ3v) is 2.46. The Morgan fingerprint density at radius 1 is 1.67 bits per heavy atom. The van der Waals surface area contributed by atoms with E-state index in [1.54, 1.807) is 13.3 Å². The molecule has 0 fully saturated rings. The predicted molar refractivity (Wildman–Crippen MR) is 63.0 cm³/mol. The first-order valence-electron chi connectivity index (χ1n) is 4.67. The average Bonchev–Trinajstić information content (AvgIpc) is 2.27. The van der Waals surface area contributed by atoms with Crippen LogP contribution >= 0.6 is 15.9 Å². The highest BCUT2D eigenvalue weighted by Crippen LogP contribution is 2.21. The van der Waals surface area contributed by atoms with Crippen LogP contribution in [0.2, 0.25) is 0 Å². The van der Waals surface area contributed by atoms with Crippen molar-refractivity contribution in [2.75, 3.05) is 25.5 Å². The smallest absolute Gasteiger partial charge is 0.232 e. The van der Waals surface area contributed by atoms with Crippen molar-refractivity contribution < 1.29 is 4.74 Å². The van der Waals surface area contributed by atoms with Gasteiger partial charge < -0.3 is 15.8 Å². The van der Waals surface area contributed by atoms with Gasteiger partial charge in [-0.15, -0.1) is 0 Å². The van der Waals surface area contributed by atoms with Crippen molar-refractivity contribution in [2.24, 2.45) is 11.7 Å². The van der Waals surface area contributed by atoms with Gasteiger partial charge in [-0.2, -0.15) is 4.98 Å². The number of ether oxygens (including phenoxy) is 1. The van der Waals surface area contributed by atoms with Gasteiger partial charge in [0.1, 0.15) is 0 Å². The quantitative estimate of drug-likeness (QED) is 0.846. The van der Waals surface area contributed by atoms with E-state index in [2.05, 4.69) is 38.1 Å². The van der Waals surface area contributed by atoms with Crippen LogP contribution in [0, 0.1) is 5.92 Å². The number of nitrogens with zero attached hydrogens (tertiary/aromatic N) is 2. The normalized spacial score (nSPS) is 12.3. The fraction of sp³-hybridized carbons (Fsp3) is 0.556. The van der Waals surface area contributed by atoms with Crippen LogP contribution in [0.3, 0.4) is 0 Å². The summed E-state index contributed by atoms with van der Waals surface area (Å²) in [4.78, 5) is 8.27. The van der Waals surface area contributed by atoms with Gasteiger partial charge in [-0.05, 0) is 28.4 Å². The van der Waals surface area contributed by atoms with E-state index < -0.39 is 0 Å². The number of methoxy groups -OCH3 is 1. The highest BCUT2D eigenvalue weighted by molar-refractivity contribution is 9.10. The first-order valence-corrected chi connectivity index (χ1v) is 5.47. The lowest BCUT2D eigenvalue weighted by Gasteiger charge is -2.10. The minimum absolute atomic E-state index is 0.392. The van der Waals surface area contributed by atoms with Gasteiger partial charge in [0.15, 0.2) is 0 Å². The summed E-state index contributed by atoms with van der Waals surface area (Å²) >= 11 is 3.29. The maximum absolute atomic E-state index is 5.50. The average molecular weight is 275 g/mol. The summed E-state index contributed by atoms with van der Waals surface area (Å²) in [5.74, 6) is 1.46. The second-order valence-corrected chi connectivity index (χ2v) is 4.13. The van der Waals surface area contributed by atoms with Crippen molar-refractivity contribution in [3.05, 3.63) is 10.7 Å². The molecule has 15 heavy (non-hydrogen) atoms. The number of hydrogen-bond acceptors (Lipinski definition) is 5. The lowest BCUT2D eigenvalue weighted by molar-refractivity contribution is 0.394. The molecule has 0 aliphatic carbocycles. The van der Waals surface area contributed by atoms with E-state index >= 15 is 0 Å². The zero-order valence-corrected chi connectivity index (χ0v) is 10.4. The highest BCUT2D eigenvalue weighted by Gasteiger charge is 2.05. The maximum atomic E-state index is 5.50. The van der Waals surface area contributed by atoms with Gasteiger partial charge in [-0.1, -0.05) is 6.92 Å². The Kier molecular flexibility index (Phi) is 4.77. The molecule has 0 spiro atoms. The molecule has 0 aliphatic rings. The van der Waals surface area contributed by atoms with Crippen LogP contribution in [0.5, 0.6) is 5.88 Å². The van der Waals surface area contributed by atoms with Crippen molar-refractivity contribution in [2.45, 2.75) is 6.92 Å². The van der Waals surface area contributed by atoms with Gasteiger partial charge in [-0.25, -0.2) is 4.98 Å². The summed E-state index contributed by atoms with van der Waals surface area (Å²) in [7, 11) is 1.57. The van der Waals surface area contributed by atoms with E-state index in [9.17, 15) is 0 Å². The number of aromatic nitrogens is 2. The topological polar surface area (TPSA) is 73.1 Å². The summed E-state index contributed by atoms with van der Waals surface area (Å²) < 4.78 is 5.79. The Bertz CT molecular complexity index is 321. The molecule has 1 rings (SSSR count). The van der Waals surface area contributed by atoms with Gasteiger partial charge in [0.25, 0.3) is 0 Å². The van der Waals surface area contributed by atoms with Crippen LogP contribution in [0.1, 0.15) is 6.92 Å². The zero-order valence-electron chi connectivity index (χ0n) is 8.83. The molecule has 3 N–H and O–H groups in total. The molecule has 1 unspecified atom stereocenters. The Morgan fingerprint density at radius 3 is 3.00 bits per heavy atom. The lowest BCUT2D eigenvalue weighted by atomic mass is 10.2. The second-order valence-electron chi connectivity index (χ2n) is 3.27. The molecule has 0 bridgehead atoms. The van der Waals surface area contributed by atoms with Crippen LogP contribution in [-0.2, 0) is 0 Å². The molecule has 0 amide bonds. The number of nitrogens with one attached hydrogen (secondary N) is 1. The molecule has 0 saturated heterocycles. The first kappa shape index (κ1) is 12.2. The fourth-order valence-electron chi connectivity index (χ4n) is 0.929.